The second-order valence-electron chi connectivity index (χ2n) is 7.92. The van der Waals surface area contributed by atoms with Gasteiger partial charge < -0.3 is 20.4 Å². The van der Waals surface area contributed by atoms with E-state index >= 15 is 0 Å². The second-order valence-corrected chi connectivity index (χ2v) is 7.92. The number of aliphatic hydroxyl groups excluding tert-OH is 2. The van der Waals surface area contributed by atoms with Crippen LogP contribution in [0.1, 0.15) is 35.1 Å². The lowest BCUT2D eigenvalue weighted by Crippen LogP contribution is -2.02. The van der Waals surface area contributed by atoms with Crippen molar-refractivity contribution in [1.29, 1.82) is 0 Å². The molecule has 0 heterocycles. The summed E-state index contributed by atoms with van der Waals surface area (Å²) in [5.74, 6) is 0.0273. The van der Waals surface area contributed by atoms with Crippen LogP contribution in [0.3, 0.4) is 0 Å². The molecule has 4 nitrogen and oxygen atoms in total. The number of phenols is 2. The van der Waals surface area contributed by atoms with Crippen LogP contribution in [0.2, 0.25) is 0 Å². The standard InChI is InChI=1S/C28H26O4/c1-18(21-12-23(16-29)27(31)25(14-21)19-8-4-2-5-9-19)22-13-24(17-30)28(32)26(15-22)20-10-6-3-7-11-20/h2-15,18,29-32H,16-17H2,1H3. The molecule has 4 aromatic rings. The lowest BCUT2D eigenvalue weighted by Gasteiger charge is -2.20. The first kappa shape index (κ1) is 21.6. The molecular weight excluding hydrogens is 400 g/mol. The minimum atomic E-state index is -0.279. The Labute approximate surface area is 187 Å². The van der Waals surface area contributed by atoms with E-state index in [0.717, 1.165) is 22.3 Å². The van der Waals surface area contributed by atoms with Gasteiger partial charge in [-0.2, -0.15) is 0 Å². The van der Waals surface area contributed by atoms with E-state index in [2.05, 4.69) is 0 Å². The maximum atomic E-state index is 10.7. The van der Waals surface area contributed by atoms with E-state index in [1.807, 2.05) is 79.7 Å². The summed E-state index contributed by atoms with van der Waals surface area (Å²) >= 11 is 0. The maximum absolute atomic E-state index is 10.7. The summed E-state index contributed by atoms with van der Waals surface area (Å²) in [5, 5.41) is 41.1. The van der Waals surface area contributed by atoms with E-state index in [-0.39, 0.29) is 30.6 Å². The summed E-state index contributed by atoms with van der Waals surface area (Å²) in [5.41, 5.74) is 5.78. The van der Waals surface area contributed by atoms with Crippen LogP contribution in [0, 0.1) is 0 Å². The van der Waals surface area contributed by atoms with Gasteiger partial charge in [0, 0.05) is 28.2 Å². The highest BCUT2D eigenvalue weighted by molar-refractivity contribution is 5.75. The SMILES string of the molecule is CC(c1cc(CO)c(O)c(-c2ccccc2)c1)c1cc(CO)c(O)c(-c2ccccc2)c1. The largest absolute Gasteiger partial charge is 0.507 e. The fourth-order valence-corrected chi connectivity index (χ4v) is 4.05. The van der Waals surface area contributed by atoms with Crippen LogP contribution in [0.15, 0.2) is 84.9 Å². The van der Waals surface area contributed by atoms with Crippen molar-refractivity contribution in [2.45, 2.75) is 26.1 Å². The van der Waals surface area contributed by atoms with Gasteiger partial charge in [0.05, 0.1) is 13.2 Å². The molecule has 0 aliphatic heterocycles. The predicted molar refractivity (Wildman–Crippen MR) is 126 cm³/mol. The van der Waals surface area contributed by atoms with Crippen molar-refractivity contribution in [3.8, 4) is 33.8 Å². The van der Waals surface area contributed by atoms with E-state index in [1.54, 1.807) is 12.1 Å². The number of aliphatic hydroxyl groups is 2. The molecule has 0 aliphatic carbocycles. The summed E-state index contributed by atoms with van der Waals surface area (Å²) in [6.07, 6.45) is 0. The monoisotopic (exact) mass is 426 g/mol. The highest BCUT2D eigenvalue weighted by atomic mass is 16.3. The van der Waals surface area contributed by atoms with Crippen molar-refractivity contribution in [3.05, 3.63) is 107 Å². The Hall–Kier alpha value is -3.60. The lowest BCUT2D eigenvalue weighted by atomic mass is 9.86. The maximum Gasteiger partial charge on any atom is 0.128 e. The molecule has 0 spiro atoms. The lowest BCUT2D eigenvalue weighted by molar-refractivity contribution is 0.275. The van der Waals surface area contributed by atoms with Crippen molar-refractivity contribution in [3.63, 3.8) is 0 Å². The zero-order chi connectivity index (χ0) is 22.7. The Bertz CT molecular complexity index is 1120. The molecule has 4 rings (SSSR count). The van der Waals surface area contributed by atoms with E-state index in [4.69, 9.17) is 0 Å². The summed E-state index contributed by atoms with van der Waals surface area (Å²) in [7, 11) is 0. The zero-order valence-electron chi connectivity index (χ0n) is 17.9. The third kappa shape index (κ3) is 4.11. The van der Waals surface area contributed by atoms with Crippen LogP contribution in [0.4, 0.5) is 0 Å². The number of hydrogen-bond acceptors (Lipinski definition) is 4. The quantitative estimate of drug-likeness (QED) is 0.325. The van der Waals surface area contributed by atoms with E-state index in [0.29, 0.717) is 22.3 Å². The van der Waals surface area contributed by atoms with Gasteiger partial charge in [-0.25, -0.2) is 0 Å². The van der Waals surface area contributed by atoms with E-state index in [1.165, 1.54) is 0 Å². The van der Waals surface area contributed by atoms with Gasteiger partial charge in [-0.15, -0.1) is 0 Å². The van der Waals surface area contributed by atoms with Gasteiger partial charge >= 0.3 is 0 Å². The Balaban J connectivity index is 1.85. The van der Waals surface area contributed by atoms with Crippen LogP contribution < -0.4 is 0 Å². The summed E-state index contributed by atoms with van der Waals surface area (Å²) in [6.45, 7) is 1.47. The Morgan fingerprint density at radius 3 is 1.31 bits per heavy atom. The fourth-order valence-electron chi connectivity index (χ4n) is 4.05. The molecule has 4 N–H and O–H groups in total. The van der Waals surface area contributed by atoms with Crippen LogP contribution in [0.5, 0.6) is 11.5 Å². The zero-order valence-corrected chi connectivity index (χ0v) is 17.9. The minimum Gasteiger partial charge on any atom is -0.507 e. The molecule has 0 radical (unpaired) electrons. The van der Waals surface area contributed by atoms with Crippen molar-refractivity contribution in [2.75, 3.05) is 0 Å². The second kappa shape index (κ2) is 9.27. The first-order chi connectivity index (χ1) is 15.5. The Morgan fingerprint density at radius 1 is 0.594 bits per heavy atom. The molecule has 0 unspecified atom stereocenters. The van der Waals surface area contributed by atoms with Crippen molar-refractivity contribution < 1.29 is 20.4 Å². The molecule has 0 fully saturated rings. The molecule has 0 bridgehead atoms. The van der Waals surface area contributed by atoms with Crippen molar-refractivity contribution in [1.82, 2.24) is 0 Å². The van der Waals surface area contributed by atoms with Gasteiger partial charge in [0.1, 0.15) is 11.5 Å². The van der Waals surface area contributed by atoms with Crippen molar-refractivity contribution >= 4 is 0 Å². The highest BCUT2D eigenvalue weighted by Gasteiger charge is 2.19. The minimum absolute atomic E-state index is 0.0707. The number of hydrogen-bond donors (Lipinski definition) is 4. The molecule has 4 aromatic carbocycles. The topological polar surface area (TPSA) is 80.9 Å². The average Bonchev–Trinajstić information content (AvgIpc) is 2.85. The average molecular weight is 427 g/mol. The first-order valence-corrected chi connectivity index (χ1v) is 10.6. The van der Waals surface area contributed by atoms with Crippen LogP contribution >= 0.6 is 0 Å². The van der Waals surface area contributed by atoms with Crippen molar-refractivity contribution in [2.24, 2.45) is 0 Å². The molecule has 0 saturated carbocycles. The van der Waals surface area contributed by atoms with Gasteiger partial charge in [0.25, 0.3) is 0 Å². The van der Waals surface area contributed by atoms with E-state index < -0.39 is 0 Å². The normalized spacial score (nSPS) is 11.1. The number of aromatic hydroxyl groups is 2. The molecule has 0 aliphatic rings. The Morgan fingerprint density at radius 2 is 0.969 bits per heavy atom. The highest BCUT2D eigenvalue weighted by Crippen LogP contribution is 2.40. The summed E-state index contributed by atoms with van der Waals surface area (Å²) in [4.78, 5) is 0. The van der Waals surface area contributed by atoms with Gasteiger partial charge in [-0.1, -0.05) is 67.6 Å². The molecule has 0 saturated heterocycles. The molecule has 0 amide bonds. The molecule has 162 valence electrons. The Kier molecular flexibility index (Phi) is 6.26. The predicted octanol–water partition coefficient (Wildman–Crippen LogP) is 5.57. The van der Waals surface area contributed by atoms with Gasteiger partial charge in [0.2, 0.25) is 0 Å². The first-order valence-electron chi connectivity index (χ1n) is 10.6. The molecule has 4 heteroatoms. The van der Waals surface area contributed by atoms with Crippen LogP contribution in [-0.2, 0) is 13.2 Å². The number of benzene rings is 4. The summed E-state index contributed by atoms with van der Waals surface area (Å²) in [6, 6.07) is 26.6. The van der Waals surface area contributed by atoms with E-state index in [9.17, 15) is 20.4 Å². The molecular formula is C28H26O4. The third-order valence-corrected chi connectivity index (χ3v) is 5.93. The van der Waals surface area contributed by atoms with Gasteiger partial charge in [0.15, 0.2) is 0 Å². The van der Waals surface area contributed by atoms with Gasteiger partial charge in [-0.05, 0) is 46.5 Å². The van der Waals surface area contributed by atoms with Crippen LogP contribution in [0.25, 0.3) is 22.3 Å². The number of rotatable bonds is 6. The molecule has 0 aromatic heterocycles. The molecule has 32 heavy (non-hydrogen) atoms. The fraction of sp³-hybridized carbons (Fsp3) is 0.143. The third-order valence-electron chi connectivity index (χ3n) is 5.93. The summed E-state index contributed by atoms with van der Waals surface area (Å²) < 4.78 is 0. The van der Waals surface area contributed by atoms with Gasteiger partial charge in [-0.3, -0.25) is 0 Å². The molecule has 0 atom stereocenters. The van der Waals surface area contributed by atoms with Crippen LogP contribution in [-0.4, -0.2) is 20.4 Å². The smallest absolute Gasteiger partial charge is 0.128 e.